The van der Waals surface area contributed by atoms with Crippen LogP contribution in [0.15, 0.2) is 6.20 Å². The molecule has 0 bridgehead atoms. The minimum Gasteiger partial charge on any atom is -0.338 e. The summed E-state index contributed by atoms with van der Waals surface area (Å²) in [6, 6.07) is 2.30. The number of aromatic nitrogens is 2. The van der Waals surface area contributed by atoms with E-state index in [1.54, 1.807) is 11.1 Å². The quantitative estimate of drug-likeness (QED) is 0.802. The van der Waals surface area contributed by atoms with Crippen molar-refractivity contribution >= 4 is 5.91 Å². The van der Waals surface area contributed by atoms with Gasteiger partial charge in [-0.2, -0.15) is 10.4 Å². The summed E-state index contributed by atoms with van der Waals surface area (Å²) < 4.78 is 1.84. The van der Waals surface area contributed by atoms with Gasteiger partial charge in [0.25, 0.3) is 5.91 Å². The smallest absolute Gasteiger partial charge is 0.257 e. The Balaban J connectivity index is 2.92. The Morgan fingerprint density at radius 2 is 2.28 bits per heavy atom. The van der Waals surface area contributed by atoms with E-state index in [1.165, 1.54) is 0 Å². The third-order valence-electron chi connectivity index (χ3n) is 2.93. The van der Waals surface area contributed by atoms with Gasteiger partial charge < -0.3 is 4.90 Å². The number of nitriles is 1. The van der Waals surface area contributed by atoms with Crippen molar-refractivity contribution in [2.75, 3.05) is 13.1 Å². The number of carbonyl (C=O) groups is 1. The molecule has 0 aliphatic heterocycles. The predicted molar refractivity (Wildman–Crippen MR) is 69.2 cm³/mol. The second kappa shape index (κ2) is 6.20. The van der Waals surface area contributed by atoms with Crippen LogP contribution in [0, 0.1) is 18.3 Å². The average Bonchev–Trinajstić information content (AvgIpc) is 2.71. The maximum atomic E-state index is 12.3. The first-order valence-corrected chi connectivity index (χ1v) is 6.23. The van der Waals surface area contributed by atoms with Crippen LogP contribution in [0.2, 0.25) is 0 Å². The summed E-state index contributed by atoms with van der Waals surface area (Å²) in [5, 5.41) is 12.8. The van der Waals surface area contributed by atoms with Crippen molar-refractivity contribution in [3.8, 4) is 6.07 Å². The maximum absolute atomic E-state index is 12.3. The van der Waals surface area contributed by atoms with E-state index in [2.05, 4.69) is 11.2 Å². The first-order valence-electron chi connectivity index (χ1n) is 6.23. The summed E-state index contributed by atoms with van der Waals surface area (Å²) >= 11 is 0. The lowest BCUT2D eigenvalue weighted by Crippen LogP contribution is -2.32. The molecule has 0 unspecified atom stereocenters. The molecule has 0 spiro atoms. The molecule has 0 aromatic carbocycles. The summed E-state index contributed by atoms with van der Waals surface area (Å²) in [7, 11) is 0. The summed E-state index contributed by atoms with van der Waals surface area (Å²) in [4.78, 5) is 14.0. The molecule has 1 rings (SSSR count). The number of carbonyl (C=O) groups excluding carboxylic acids is 1. The van der Waals surface area contributed by atoms with Crippen LogP contribution in [-0.2, 0) is 0 Å². The van der Waals surface area contributed by atoms with Crippen molar-refractivity contribution in [2.24, 2.45) is 0 Å². The molecule has 1 heterocycles. The van der Waals surface area contributed by atoms with Crippen molar-refractivity contribution in [3.05, 3.63) is 17.5 Å². The van der Waals surface area contributed by atoms with E-state index in [4.69, 9.17) is 5.26 Å². The van der Waals surface area contributed by atoms with Crippen LogP contribution in [0.25, 0.3) is 0 Å². The number of amides is 1. The van der Waals surface area contributed by atoms with Crippen LogP contribution in [0.5, 0.6) is 0 Å². The third kappa shape index (κ3) is 2.89. The summed E-state index contributed by atoms with van der Waals surface area (Å²) in [5.41, 5.74) is 1.51. The molecule has 0 aliphatic carbocycles. The highest BCUT2D eigenvalue weighted by molar-refractivity contribution is 5.95. The van der Waals surface area contributed by atoms with Crippen LogP contribution in [0.4, 0.5) is 0 Å². The highest BCUT2D eigenvalue weighted by Crippen LogP contribution is 2.15. The first kappa shape index (κ1) is 14.2. The standard InChI is InChI=1S/C13H20N4O/c1-5-16(8-6-7-14)13(18)12-9-15-17(10(2)3)11(12)4/h9-10H,5-6,8H2,1-4H3. The van der Waals surface area contributed by atoms with Crippen LogP contribution in [0.1, 0.15) is 49.3 Å². The van der Waals surface area contributed by atoms with Gasteiger partial charge >= 0.3 is 0 Å². The van der Waals surface area contributed by atoms with Crippen molar-refractivity contribution in [2.45, 2.75) is 40.2 Å². The van der Waals surface area contributed by atoms with E-state index < -0.39 is 0 Å². The van der Waals surface area contributed by atoms with Gasteiger partial charge in [0.05, 0.1) is 24.3 Å². The van der Waals surface area contributed by atoms with Gasteiger partial charge in [-0.05, 0) is 27.7 Å². The van der Waals surface area contributed by atoms with E-state index in [1.807, 2.05) is 32.4 Å². The highest BCUT2D eigenvalue weighted by atomic mass is 16.2. The number of rotatable bonds is 5. The van der Waals surface area contributed by atoms with Crippen LogP contribution in [0.3, 0.4) is 0 Å². The lowest BCUT2D eigenvalue weighted by atomic mass is 10.2. The van der Waals surface area contributed by atoms with Gasteiger partial charge in [0.2, 0.25) is 0 Å². The summed E-state index contributed by atoms with van der Waals surface area (Å²) in [6.07, 6.45) is 1.98. The largest absolute Gasteiger partial charge is 0.338 e. The van der Waals surface area contributed by atoms with E-state index in [0.29, 0.717) is 25.1 Å². The van der Waals surface area contributed by atoms with Gasteiger partial charge in [-0.25, -0.2) is 0 Å². The number of hydrogen-bond acceptors (Lipinski definition) is 3. The molecule has 1 aromatic rings. The molecule has 0 N–H and O–H groups in total. The van der Waals surface area contributed by atoms with Crippen LogP contribution < -0.4 is 0 Å². The van der Waals surface area contributed by atoms with E-state index in [-0.39, 0.29) is 11.9 Å². The second-order valence-electron chi connectivity index (χ2n) is 4.47. The molecule has 18 heavy (non-hydrogen) atoms. The maximum Gasteiger partial charge on any atom is 0.257 e. The molecule has 0 saturated carbocycles. The zero-order chi connectivity index (χ0) is 13.7. The molecule has 98 valence electrons. The summed E-state index contributed by atoms with van der Waals surface area (Å²) in [6.45, 7) is 8.95. The van der Waals surface area contributed by atoms with Crippen LogP contribution in [-0.4, -0.2) is 33.7 Å². The molecule has 1 amide bonds. The Labute approximate surface area is 108 Å². The van der Waals surface area contributed by atoms with Gasteiger partial charge in [-0.1, -0.05) is 0 Å². The Kier molecular flexibility index (Phi) is 4.90. The van der Waals surface area contributed by atoms with Gasteiger partial charge in [0, 0.05) is 24.8 Å². The molecule has 0 radical (unpaired) electrons. The molecule has 0 fully saturated rings. The minimum absolute atomic E-state index is 0.0443. The molecule has 5 heteroatoms. The van der Waals surface area contributed by atoms with Crippen LogP contribution >= 0.6 is 0 Å². The molecule has 0 saturated heterocycles. The Bertz CT molecular complexity index is 456. The topological polar surface area (TPSA) is 61.9 Å². The third-order valence-corrected chi connectivity index (χ3v) is 2.93. The Morgan fingerprint density at radius 3 is 2.72 bits per heavy atom. The molecular formula is C13H20N4O. The zero-order valence-corrected chi connectivity index (χ0v) is 11.5. The van der Waals surface area contributed by atoms with Gasteiger partial charge in [0.15, 0.2) is 0 Å². The van der Waals surface area contributed by atoms with E-state index in [9.17, 15) is 4.79 Å². The van der Waals surface area contributed by atoms with Gasteiger partial charge in [0.1, 0.15) is 0 Å². The van der Waals surface area contributed by atoms with Crippen molar-refractivity contribution in [1.29, 1.82) is 5.26 Å². The highest BCUT2D eigenvalue weighted by Gasteiger charge is 2.20. The number of nitrogens with zero attached hydrogens (tertiary/aromatic N) is 4. The Morgan fingerprint density at radius 1 is 1.61 bits per heavy atom. The molecule has 1 aromatic heterocycles. The molecule has 0 atom stereocenters. The SMILES string of the molecule is CCN(CCC#N)C(=O)c1cnn(C(C)C)c1C. The van der Waals surface area contributed by atoms with Gasteiger partial charge in [-0.3, -0.25) is 9.48 Å². The lowest BCUT2D eigenvalue weighted by Gasteiger charge is -2.19. The van der Waals surface area contributed by atoms with Gasteiger partial charge in [-0.15, -0.1) is 0 Å². The fourth-order valence-corrected chi connectivity index (χ4v) is 1.91. The first-order chi connectivity index (χ1) is 8.52. The number of hydrogen-bond donors (Lipinski definition) is 0. The van der Waals surface area contributed by atoms with Crippen molar-refractivity contribution < 1.29 is 4.79 Å². The average molecular weight is 248 g/mol. The van der Waals surface area contributed by atoms with E-state index >= 15 is 0 Å². The van der Waals surface area contributed by atoms with Crippen molar-refractivity contribution in [3.63, 3.8) is 0 Å². The fraction of sp³-hybridized carbons (Fsp3) is 0.615. The monoisotopic (exact) mass is 248 g/mol. The normalized spacial score (nSPS) is 10.4. The zero-order valence-electron chi connectivity index (χ0n) is 11.5. The Hall–Kier alpha value is -1.83. The summed E-state index contributed by atoms with van der Waals surface area (Å²) in [5.74, 6) is -0.0443. The second-order valence-corrected chi connectivity index (χ2v) is 4.47. The predicted octanol–water partition coefficient (Wildman–Crippen LogP) is 2.15. The molecule has 0 aliphatic rings. The van der Waals surface area contributed by atoms with E-state index in [0.717, 1.165) is 5.69 Å². The fourth-order valence-electron chi connectivity index (χ4n) is 1.91. The molecular weight excluding hydrogens is 228 g/mol. The lowest BCUT2D eigenvalue weighted by molar-refractivity contribution is 0.0767. The molecule has 5 nitrogen and oxygen atoms in total. The van der Waals surface area contributed by atoms with Crippen molar-refractivity contribution in [1.82, 2.24) is 14.7 Å². The minimum atomic E-state index is -0.0443.